The Morgan fingerprint density at radius 1 is 1.60 bits per heavy atom. The van der Waals surface area contributed by atoms with Gasteiger partial charge in [0.05, 0.1) is 6.04 Å². The first-order valence-electron chi connectivity index (χ1n) is 4.06. The van der Waals surface area contributed by atoms with Crippen LogP contribution in [0.15, 0.2) is 12.4 Å². The number of carbonyl (C=O) groups is 1. The van der Waals surface area contributed by atoms with Crippen molar-refractivity contribution in [2.75, 3.05) is 14.1 Å². The summed E-state index contributed by atoms with van der Waals surface area (Å²) in [7, 11) is 3.37. The minimum atomic E-state index is -0.513. The number of nitrogens with two attached hydrogens (primary N) is 1. The van der Waals surface area contributed by atoms with Crippen LogP contribution in [0.1, 0.15) is 5.82 Å². The zero-order valence-corrected chi connectivity index (χ0v) is 10.3. The van der Waals surface area contributed by atoms with Crippen molar-refractivity contribution in [1.29, 1.82) is 0 Å². The Labute approximate surface area is 101 Å². The van der Waals surface area contributed by atoms with Crippen molar-refractivity contribution in [3.05, 3.63) is 18.2 Å². The predicted octanol–water partition coefficient (Wildman–Crippen LogP) is 0.211. The molecule has 3 N–H and O–H groups in total. The van der Waals surface area contributed by atoms with Crippen LogP contribution in [0.5, 0.6) is 0 Å². The lowest BCUT2D eigenvalue weighted by Crippen LogP contribution is -2.41. The Hall–Kier alpha value is -0.780. The number of hydrogen-bond donors (Lipinski definition) is 2. The average Bonchev–Trinajstić information content (AvgIpc) is 2.55. The number of hydrogen-bond acceptors (Lipinski definition) is 3. The van der Waals surface area contributed by atoms with E-state index in [9.17, 15) is 4.79 Å². The van der Waals surface area contributed by atoms with Crippen molar-refractivity contribution in [2.24, 2.45) is 5.73 Å². The van der Waals surface area contributed by atoms with Crippen LogP contribution in [0.2, 0.25) is 0 Å². The molecular formula is C8H16Cl2N4O. The molecule has 88 valence electrons. The van der Waals surface area contributed by atoms with Crippen LogP contribution in [0.4, 0.5) is 0 Å². The van der Waals surface area contributed by atoms with E-state index in [1.807, 2.05) is 0 Å². The standard InChI is InChI=1S/C8H14N4O.2ClH/c1-12(2)8(13)6(9)5-7-10-3-4-11-7;;/h3-4,6H,5,9H2,1-2H3,(H,10,11);2*1H. The number of carbonyl (C=O) groups excluding carboxylic acids is 1. The van der Waals surface area contributed by atoms with Crippen molar-refractivity contribution in [3.63, 3.8) is 0 Å². The van der Waals surface area contributed by atoms with Gasteiger partial charge in [0.25, 0.3) is 0 Å². The zero-order chi connectivity index (χ0) is 9.84. The van der Waals surface area contributed by atoms with Crippen molar-refractivity contribution in [1.82, 2.24) is 14.9 Å². The smallest absolute Gasteiger partial charge is 0.239 e. The van der Waals surface area contributed by atoms with Crippen LogP contribution in [0.25, 0.3) is 0 Å². The minimum absolute atomic E-state index is 0. The summed E-state index contributed by atoms with van der Waals surface area (Å²) in [5.41, 5.74) is 5.66. The highest BCUT2D eigenvalue weighted by molar-refractivity contribution is 5.85. The van der Waals surface area contributed by atoms with Crippen LogP contribution in [-0.2, 0) is 11.2 Å². The zero-order valence-electron chi connectivity index (χ0n) is 8.64. The SMILES string of the molecule is CN(C)C(=O)C(N)Cc1ncc[nH]1.Cl.Cl. The lowest BCUT2D eigenvalue weighted by molar-refractivity contribution is -0.130. The molecule has 0 saturated heterocycles. The van der Waals surface area contributed by atoms with Gasteiger partial charge in [0.15, 0.2) is 0 Å². The molecule has 7 heteroatoms. The molecule has 1 aromatic heterocycles. The molecule has 0 aliphatic heterocycles. The maximum Gasteiger partial charge on any atom is 0.239 e. The highest BCUT2D eigenvalue weighted by Crippen LogP contribution is 1.96. The largest absolute Gasteiger partial charge is 0.349 e. The van der Waals surface area contributed by atoms with E-state index in [2.05, 4.69) is 9.97 Å². The van der Waals surface area contributed by atoms with Crippen molar-refractivity contribution in [2.45, 2.75) is 12.5 Å². The molecule has 0 aliphatic rings. The van der Waals surface area contributed by atoms with Gasteiger partial charge in [-0.1, -0.05) is 0 Å². The monoisotopic (exact) mass is 254 g/mol. The topological polar surface area (TPSA) is 75.0 Å². The number of rotatable bonds is 3. The first kappa shape index (κ1) is 16.6. The van der Waals surface area contributed by atoms with Gasteiger partial charge < -0.3 is 15.6 Å². The van der Waals surface area contributed by atoms with Gasteiger partial charge >= 0.3 is 0 Å². The van der Waals surface area contributed by atoms with Crippen LogP contribution in [0.3, 0.4) is 0 Å². The van der Waals surface area contributed by atoms with E-state index in [-0.39, 0.29) is 30.7 Å². The van der Waals surface area contributed by atoms with E-state index in [1.54, 1.807) is 26.5 Å². The summed E-state index contributed by atoms with van der Waals surface area (Å²) in [5, 5.41) is 0. The fourth-order valence-electron chi connectivity index (χ4n) is 1.04. The molecule has 1 atom stereocenters. The highest BCUT2D eigenvalue weighted by Gasteiger charge is 2.16. The average molecular weight is 255 g/mol. The summed E-state index contributed by atoms with van der Waals surface area (Å²) in [6.07, 6.45) is 3.80. The van der Waals surface area contributed by atoms with Gasteiger partial charge in [0.2, 0.25) is 5.91 Å². The number of halogens is 2. The third kappa shape index (κ3) is 5.01. The number of nitrogens with one attached hydrogen (secondary N) is 1. The second-order valence-electron chi connectivity index (χ2n) is 3.08. The van der Waals surface area contributed by atoms with Gasteiger partial charge in [0, 0.05) is 32.9 Å². The molecule has 0 saturated carbocycles. The molecule has 0 spiro atoms. The molecule has 0 fully saturated rings. The number of aromatic nitrogens is 2. The Morgan fingerprint density at radius 2 is 2.20 bits per heavy atom. The van der Waals surface area contributed by atoms with Gasteiger partial charge in [-0.2, -0.15) is 0 Å². The molecule has 5 nitrogen and oxygen atoms in total. The second kappa shape index (κ2) is 7.50. The van der Waals surface area contributed by atoms with Crippen molar-refractivity contribution >= 4 is 30.7 Å². The number of nitrogens with zero attached hydrogens (tertiary/aromatic N) is 2. The fraction of sp³-hybridized carbons (Fsp3) is 0.500. The second-order valence-corrected chi connectivity index (χ2v) is 3.08. The van der Waals surface area contributed by atoms with Gasteiger partial charge in [-0.3, -0.25) is 4.79 Å². The maximum atomic E-state index is 11.3. The van der Waals surface area contributed by atoms with Crippen molar-refractivity contribution < 1.29 is 4.79 Å². The lowest BCUT2D eigenvalue weighted by Gasteiger charge is -2.15. The first-order chi connectivity index (χ1) is 6.11. The molecule has 0 aromatic carbocycles. The Bertz CT molecular complexity index is 276. The molecule has 1 aromatic rings. The van der Waals surface area contributed by atoms with E-state index in [0.717, 1.165) is 5.82 Å². The summed E-state index contributed by atoms with van der Waals surface area (Å²) in [4.78, 5) is 19.7. The minimum Gasteiger partial charge on any atom is -0.349 e. The third-order valence-corrected chi connectivity index (χ3v) is 1.73. The third-order valence-electron chi connectivity index (χ3n) is 1.73. The molecule has 1 amide bonds. The Kier molecular flexibility index (Phi) is 8.33. The predicted molar refractivity (Wildman–Crippen MR) is 63.5 cm³/mol. The van der Waals surface area contributed by atoms with E-state index >= 15 is 0 Å². The number of likely N-dealkylation sites (N-methyl/N-ethyl adjacent to an activating group) is 1. The van der Waals surface area contributed by atoms with Crippen LogP contribution < -0.4 is 5.73 Å². The Morgan fingerprint density at radius 3 is 2.60 bits per heavy atom. The molecule has 0 radical (unpaired) electrons. The molecule has 15 heavy (non-hydrogen) atoms. The molecule has 1 rings (SSSR count). The fourth-order valence-corrected chi connectivity index (χ4v) is 1.04. The molecule has 0 aliphatic carbocycles. The van der Waals surface area contributed by atoms with Crippen LogP contribution in [-0.4, -0.2) is 40.9 Å². The molecule has 0 bridgehead atoms. The van der Waals surface area contributed by atoms with Gasteiger partial charge in [-0.05, 0) is 0 Å². The van der Waals surface area contributed by atoms with Gasteiger partial charge in [0.1, 0.15) is 5.82 Å². The first-order valence-corrected chi connectivity index (χ1v) is 4.06. The van der Waals surface area contributed by atoms with E-state index in [0.29, 0.717) is 6.42 Å². The highest BCUT2D eigenvalue weighted by atomic mass is 35.5. The van der Waals surface area contributed by atoms with Crippen LogP contribution in [0, 0.1) is 0 Å². The molecule has 1 heterocycles. The summed E-state index contributed by atoms with van der Waals surface area (Å²) < 4.78 is 0. The number of aromatic amines is 1. The summed E-state index contributed by atoms with van der Waals surface area (Å²) in [6, 6.07) is -0.513. The van der Waals surface area contributed by atoms with E-state index < -0.39 is 6.04 Å². The van der Waals surface area contributed by atoms with Crippen molar-refractivity contribution in [3.8, 4) is 0 Å². The normalized spacial score (nSPS) is 10.9. The van der Waals surface area contributed by atoms with Crippen LogP contribution >= 0.6 is 24.8 Å². The summed E-state index contributed by atoms with van der Waals surface area (Å²) in [5.74, 6) is 0.652. The number of imidazole rings is 1. The molecule has 1 unspecified atom stereocenters. The Balaban J connectivity index is 0. The van der Waals surface area contributed by atoms with E-state index in [1.165, 1.54) is 4.90 Å². The van der Waals surface area contributed by atoms with Gasteiger partial charge in [-0.15, -0.1) is 24.8 Å². The quantitative estimate of drug-likeness (QED) is 0.810. The lowest BCUT2D eigenvalue weighted by atomic mass is 10.2. The van der Waals surface area contributed by atoms with Gasteiger partial charge in [-0.25, -0.2) is 4.98 Å². The number of H-pyrrole nitrogens is 1. The summed E-state index contributed by atoms with van der Waals surface area (Å²) >= 11 is 0. The number of amides is 1. The van der Waals surface area contributed by atoms with E-state index in [4.69, 9.17) is 5.73 Å². The molecular weight excluding hydrogens is 239 g/mol. The maximum absolute atomic E-state index is 11.3. The summed E-state index contributed by atoms with van der Waals surface area (Å²) in [6.45, 7) is 0.